The second kappa shape index (κ2) is 6.28. The first kappa shape index (κ1) is 12.7. The van der Waals surface area contributed by atoms with Gasteiger partial charge in [-0.3, -0.25) is 11.3 Å². The molecule has 0 radical (unpaired) electrons. The number of allylic oxidation sites excluding steroid dienone is 1. The van der Waals surface area contributed by atoms with Crippen LogP contribution in [0.4, 0.5) is 0 Å². The number of aromatic nitrogens is 1. The van der Waals surface area contributed by atoms with Crippen LogP contribution in [0.15, 0.2) is 17.0 Å². The second-order valence-electron chi connectivity index (χ2n) is 4.74. The quantitative estimate of drug-likeness (QED) is 0.480. The van der Waals surface area contributed by atoms with E-state index in [1.54, 1.807) is 16.9 Å². The molecule has 1 heterocycles. The molecule has 1 aromatic rings. The van der Waals surface area contributed by atoms with Gasteiger partial charge < -0.3 is 0 Å². The van der Waals surface area contributed by atoms with Crippen molar-refractivity contribution >= 4 is 11.3 Å². The Balaban J connectivity index is 1.90. The Bertz CT molecular complexity index is 384. The first-order chi connectivity index (χ1) is 8.28. The average Bonchev–Trinajstić information content (AvgIpc) is 2.75. The molecule has 0 aliphatic heterocycles. The molecule has 3 N–H and O–H groups in total. The zero-order valence-corrected chi connectivity index (χ0v) is 11.2. The van der Waals surface area contributed by atoms with E-state index in [9.17, 15) is 0 Å². The molecule has 94 valence electrons. The van der Waals surface area contributed by atoms with E-state index in [1.165, 1.54) is 25.7 Å². The van der Waals surface area contributed by atoms with E-state index in [4.69, 9.17) is 5.84 Å². The van der Waals surface area contributed by atoms with Gasteiger partial charge in [-0.15, -0.1) is 11.3 Å². The van der Waals surface area contributed by atoms with E-state index in [2.05, 4.69) is 21.9 Å². The first-order valence-corrected chi connectivity index (χ1v) is 7.21. The van der Waals surface area contributed by atoms with Crippen molar-refractivity contribution < 1.29 is 0 Å². The first-order valence-electron chi connectivity index (χ1n) is 6.33. The third-order valence-electron chi connectivity index (χ3n) is 3.25. The molecule has 0 spiro atoms. The SMILES string of the molecule is Cc1nc(CC(CC2=CCCCC2)NN)cs1. The molecule has 1 unspecified atom stereocenters. The maximum Gasteiger partial charge on any atom is 0.0897 e. The Hall–Kier alpha value is -0.710. The monoisotopic (exact) mass is 251 g/mol. The third-order valence-corrected chi connectivity index (χ3v) is 4.07. The van der Waals surface area contributed by atoms with Crippen LogP contribution >= 0.6 is 11.3 Å². The molecule has 0 saturated heterocycles. The lowest BCUT2D eigenvalue weighted by atomic mass is 9.93. The van der Waals surface area contributed by atoms with Gasteiger partial charge >= 0.3 is 0 Å². The fourth-order valence-electron chi connectivity index (χ4n) is 2.35. The van der Waals surface area contributed by atoms with Gasteiger partial charge in [0.15, 0.2) is 0 Å². The summed E-state index contributed by atoms with van der Waals surface area (Å²) in [6, 6.07) is 0.320. The number of rotatable bonds is 5. The van der Waals surface area contributed by atoms with Crippen molar-refractivity contribution in [2.45, 2.75) is 51.5 Å². The zero-order chi connectivity index (χ0) is 12.1. The van der Waals surface area contributed by atoms with Crippen LogP contribution in [0, 0.1) is 6.92 Å². The minimum absolute atomic E-state index is 0.320. The van der Waals surface area contributed by atoms with Crippen LogP contribution in [0.1, 0.15) is 42.8 Å². The molecule has 1 aliphatic carbocycles. The predicted molar refractivity (Wildman–Crippen MR) is 72.8 cm³/mol. The van der Waals surface area contributed by atoms with Crippen molar-refractivity contribution in [2.75, 3.05) is 0 Å². The van der Waals surface area contributed by atoms with Gasteiger partial charge in [0.25, 0.3) is 0 Å². The molecule has 1 atom stereocenters. The smallest absolute Gasteiger partial charge is 0.0897 e. The molecule has 17 heavy (non-hydrogen) atoms. The Labute approximate surface area is 107 Å². The summed E-state index contributed by atoms with van der Waals surface area (Å²) in [5.41, 5.74) is 5.65. The highest BCUT2D eigenvalue weighted by Crippen LogP contribution is 2.22. The van der Waals surface area contributed by atoms with Crippen LogP contribution in [0.2, 0.25) is 0 Å². The van der Waals surface area contributed by atoms with Crippen molar-refractivity contribution in [3.05, 3.63) is 27.7 Å². The summed E-state index contributed by atoms with van der Waals surface area (Å²) in [7, 11) is 0. The Kier molecular flexibility index (Phi) is 4.71. The second-order valence-corrected chi connectivity index (χ2v) is 5.80. The van der Waals surface area contributed by atoms with Gasteiger partial charge in [-0.1, -0.05) is 11.6 Å². The van der Waals surface area contributed by atoms with Gasteiger partial charge in [0.05, 0.1) is 10.7 Å². The lowest BCUT2D eigenvalue weighted by Crippen LogP contribution is -2.37. The van der Waals surface area contributed by atoms with Crippen LogP contribution in [0.3, 0.4) is 0 Å². The predicted octanol–water partition coefficient (Wildman–Crippen LogP) is 2.72. The van der Waals surface area contributed by atoms with Crippen molar-refractivity contribution in [1.82, 2.24) is 10.4 Å². The average molecular weight is 251 g/mol. The molecular weight excluding hydrogens is 230 g/mol. The van der Waals surface area contributed by atoms with Crippen molar-refractivity contribution in [1.29, 1.82) is 0 Å². The van der Waals surface area contributed by atoms with Gasteiger partial charge in [-0.25, -0.2) is 4.98 Å². The summed E-state index contributed by atoms with van der Waals surface area (Å²) < 4.78 is 0. The normalized spacial score (nSPS) is 17.9. The third kappa shape index (κ3) is 3.91. The molecule has 1 aliphatic rings. The van der Waals surface area contributed by atoms with E-state index in [1.807, 2.05) is 6.92 Å². The van der Waals surface area contributed by atoms with E-state index in [-0.39, 0.29) is 0 Å². The van der Waals surface area contributed by atoms with E-state index in [0.717, 1.165) is 23.5 Å². The minimum atomic E-state index is 0.320. The lowest BCUT2D eigenvalue weighted by Gasteiger charge is -2.19. The zero-order valence-electron chi connectivity index (χ0n) is 10.4. The summed E-state index contributed by atoms with van der Waals surface area (Å²) in [5, 5.41) is 3.27. The number of hydrazine groups is 1. The largest absolute Gasteiger partial charge is 0.271 e. The Morgan fingerprint density at radius 2 is 2.35 bits per heavy atom. The summed E-state index contributed by atoms with van der Waals surface area (Å²) in [6.07, 6.45) is 9.54. The van der Waals surface area contributed by atoms with Gasteiger partial charge in [-0.2, -0.15) is 0 Å². The number of nitrogens with one attached hydrogen (secondary N) is 1. The molecule has 0 aromatic carbocycles. The molecule has 4 heteroatoms. The maximum atomic E-state index is 5.64. The molecule has 2 rings (SSSR count). The molecule has 0 bridgehead atoms. The summed E-state index contributed by atoms with van der Waals surface area (Å²) in [4.78, 5) is 4.50. The molecule has 1 aromatic heterocycles. The van der Waals surface area contributed by atoms with Crippen LogP contribution < -0.4 is 11.3 Å². The van der Waals surface area contributed by atoms with Gasteiger partial charge in [-0.05, 0) is 39.0 Å². The van der Waals surface area contributed by atoms with Crippen LogP contribution in [-0.2, 0) is 6.42 Å². The standard InChI is InChI=1S/C13H21N3S/c1-10-15-13(9-17-10)8-12(16-14)7-11-5-3-2-4-6-11/h5,9,12,16H,2-4,6-8,14H2,1H3. The highest BCUT2D eigenvalue weighted by Gasteiger charge is 2.13. The number of hydrogen-bond acceptors (Lipinski definition) is 4. The fraction of sp³-hybridized carbons (Fsp3) is 0.615. The topological polar surface area (TPSA) is 50.9 Å². The fourth-order valence-corrected chi connectivity index (χ4v) is 2.98. The highest BCUT2D eigenvalue weighted by molar-refractivity contribution is 7.09. The van der Waals surface area contributed by atoms with Crippen LogP contribution in [0.25, 0.3) is 0 Å². The summed E-state index contributed by atoms with van der Waals surface area (Å²) >= 11 is 1.71. The Morgan fingerprint density at radius 3 is 2.94 bits per heavy atom. The van der Waals surface area contributed by atoms with E-state index >= 15 is 0 Å². The maximum absolute atomic E-state index is 5.64. The number of nitrogens with two attached hydrogens (primary N) is 1. The highest BCUT2D eigenvalue weighted by atomic mass is 32.1. The number of nitrogens with zero attached hydrogens (tertiary/aromatic N) is 1. The van der Waals surface area contributed by atoms with Crippen molar-refractivity contribution in [3.63, 3.8) is 0 Å². The van der Waals surface area contributed by atoms with Crippen molar-refractivity contribution in [3.8, 4) is 0 Å². The number of hydrogen-bond donors (Lipinski definition) is 2. The van der Waals surface area contributed by atoms with Gasteiger partial charge in [0, 0.05) is 17.8 Å². The van der Waals surface area contributed by atoms with Crippen molar-refractivity contribution in [2.24, 2.45) is 5.84 Å². The molecule has 0 saturated carbocycles. The summed E-state index contributed by atoms with van der Waals surface area (Å²) in [6.45, 7) is 2.04. The van der Waals surface area contributed by atoms with Crippen LogP contribution in [0.5, 0.6) is 0 Å². The minimum Gasteiger partial charge on any atom is -0.271 e. The summed E-state index contributed by atoms with van der Waals surface area (Å²) in [5.74, 6) is 5.64. The molecule has 0 fully saturated rings. The Morgan fingerprint density at radius 1 is 1.47 bits per heavy atom. The van der Waals surface area contributed by atoms with E-state index in [0.29, 0.717) is 6.04 Å². The number of thiazole rings is 1. The lowest BCUT2D eigenvalue weighted by molar-refractivity contribution is 0.501. The molecular formula is C13H21N3S. The van der Waals surface area contributed by atoms with Crippen LogP contribution in [-0.4, -0.2) is 11.0 Å². The van der Waals surface area contributed by atoms with E-state index < -0.39 is 0 Å². The van der Waals surface area contributed by atoms with Gasteiger partial charge in [0.1, 0.15) is 0 Å². The molecule has 3 nitrogen and oxygen atoms in total. The van der Waals surface area contributed by atoms with Gasteiger partial charge in [0.2, 0.25) is 0 Å². The number of aryl methyl sites for hydroxylation is 1. The molecule has 0 amide bonds.